The lowest BCUT2D eigenvalue weighted by molar-refractivity contribution is -0.134. The number of sulfonamides is 1. The summed E-state index contributed by atoms with van der Waals surface area (Å²) in [6.45, 7) is 6.76. The van der Waals surface area contributed by atoms with Crippen LogP contribution in [0.2, 0.25) is 0 Å². The van der Waals surface area contributed by atoms with Gasteiger partial charge in [0.25, 0.3) is 0 Å². The van der Waals surface area contributed by atoms with Crippen LogP contribution in [0.15, 0.2) is 47.5 Å². The number of carbonyl (C=O) groups is 1. The van der Waals surface area contributed by atoms with E-state index < -0.39 is 16.1 Å². The van der Waals surface area contributed by atoms with Gasteiger partial charge in [-0.05, 0) is 57.0 Å². The number of piperazine rings is 1. The molecule has 4 heterocycles. The monoisotopic (exact) mass is 483 g/mol. The average molecular weight is 484 g/mol. The van der Waals surface area contributed by atoms with Crippen molar-refractivity contribution in [1.82, 2.24) is 29.2 Å². The van der Waals surface area contributed by atoms with Crippen LogP contribution < -0.4 is 4.90 Å². The molecule has 1 atom stereocenters. The van der Waals surface area contributed by atoms with E-state index in [1.807, 2.05) is 32.0 Å². The molecule has 0 unspecified atom stereocenters. The van der Waals surface area contributed by atoms with Crippen molar-refractivity contribution in [2.24, 2.45) is 0 Å². The Morgan fingerprint density at radius 1 is 1.06 bits per heavy atom. The van der Waals surface area contributed by atoms with E-state index in [-0.39, 0.29) is 16.8 Å². The molecule has 10 nitrogen and oxygen atoms in total. The molecule has 180 valence electrons. The molecule has 2 saturated heterocycles. The van der Waals surface area contributed by atoms with Gasteiger partial charge in [0.05, 0.1) is 10.4 Å². The van der Waals surface area contributed by atoms with Crippen molar-refractivity contribution in [3.63, 3.8) is 0 Å². The first-order valence-corrected chi connectivity index (χ1v) is 13.1. The van der Waals surface area contributed by atoms with Gasteiger partial charge in [-0.25, -0.2) is 18.1 Å². The number of fused-ring (bicyclic) bond motifs is 1. The lowest BCUT2D eigenvalue weighted by Crippen LogP contribution is -2.54. The van der Waals surface area contributed by atoms with Crippen molar-refractivity contribution < 1.29 is 13.2 Å². The second kappa shape index (κ2) is 8.95. The summed E-state index contributed by atoms with van der Waals surface area (Å²) in [7, 11) is -3.84. The predicted molar refractivity (Wildman–Crippen MR) is 128 cm³/mol. The molecule has 2 aliphatic heterocycles. The number of hydrogen-bond donors (Lipinski definition) is 0. The van der Waals surface area contributed by atoms with E-state index in [2.05, 4.69) is 20.2 Å². The normalized spacial score (nSPS) is 19.9. The second-order valence-corrected chi connectivity index (χ2v) is 10.9. The van der Waals surface area contributed by atoms with Gasteiger partial charge in [-0.3, -0.25) is 4.79 Å². The number of nitrogens with zero attached hydrogens (tertiary/aromatic N) is 7. The Morgan fingerprint density at radius 2 is 1.85 bits per heavy atom. The zero-order valence-corrected chi connectivity index (χ0v) is 20.2. The summed E-state index contributed by atoms with van der Waals surface area (Å²) in [6, 6.07) is 10.1. The molecular formula is C23H29N7O3S. The van der Waals surface area contributed by atoms with Gasteiger partial charge in [0.15, 0.2) is 0 Å². The molecule has 0 radical (unpaired) electrons. The van der Waals surface area contributed by atoms with Crippen LogP contribution in [0.5, 0.6) is 0 Å². The zero-order chi connectivity index (χ0) is 23.9. The van der Waals surface area contributed by atoms with Gasteiger partial charge in [-0.1, -0.05) is 11.3 Å². The number of rotatable bonds is 5. The van der Waals surface area contributed by atoms with Crippen molar-refractivity contribution >= 4 is 32.8 Å². The molecule has 2 aromatic heterocycles. The average Bonchev–Trinajstić information content (AvgIpc) is 3.52. The lowest BCUT2D eigenvalue weighted by atomic mass is 10.2. The highest BCUT2D eigenvalue weighted by Gasteiger charge is 2.41. The fourth-order valence-corrected chi connectivity index (χ4v) is 6.45. The number of carbonyl (C=O) groups excluding carboxylic acids is 1. The highest BCUT2D eigenvalue weighted by Crippen LogP contribution is 2.29. The number of hydrogen-bond acceptors (Lipinski definition) is 7. The minimum Gasteiger partial charge on any atom is -0.353 e. The van der Waals surface area contributed by atoms with Crippen molar-refractivity contribution in [2.45, 2.75) is 43.7 Å². The van der Waals surface area contributed by atoms with Crippen molar-refractivity contribution in [3.05, 3.63) is 42.6 Å². The van der Waals surface area contributed by atoms with Gasteiger partial charge in [-0.15, -0.1) is 5.10 Å². The molecule has 0 spiro atoms. The van der Waals surface area contributed by atoms with Gasteiger partial charge in [0, 0.05) is 45.0 Å². The topological polar surface area (TPSA) is 105 Å². The third-order valence-corrected chi connectivity index (χ3v) is 8.50. The van der Waals surface area contributed by atoms with E-state index in [0.29, 0.717) is 51.1 Å². The van der Waals surface area contributed by atoms with Crippen LogP contribution in [-0.2, 0) is 14.8 Å². The van der Waals surface area contributed by atoms with Crippen LogP contribution in [0, 0.1) is 0 Å². The summed E-state index contributed by atoms with van der Waals surface area (Å²) in [6.07, 6.45) is 2.95. The fourth-order valence-electron chi connectivity index (χ4n) is 4.78. The fraction of sp³-hybridized carbons (Fsp3) is 0.478. The maximum atomic E-state index is 13.5. The maximum absolute atomic E-state index is 13.5. The first kappa shape index (κ1) is 22.7. The third-order valence-electron chi connectivity index (χ3n) is 6.59. The van der Waals surface area contributed by atoms with E-state index in [4.69, 9.17) is 0 Å². The Labute approximate surface area is 199 Å². The number of benzene rings is 1. The molecule has 1 aromatic carbocycles. The highest BCUT2D eigenvalue weighted by molar-refractivity contribution is 7.89. The molecule has 34 heavy (non-hydrogen) atoms. The molecule has 2 fully saturated rings. The molecule has 2 aliphatic rings. The van der Waals surface area contributed by atoms with Crippen LogP contribution in [0.25, 0.3) is 11.0 Å². The molecule has 5 rings (SSSR count). The molecule has 0 bridgehead atoms. The zero-order valence-electron chi connectivity index (χ0n) is 19.4. The summed E-state index contributed by atoms with van der Waals surface area (Å²) in [5.41, 5.74) is 1.32. The summed E-state index contributed by atoms with van der Waals surface area (Å²) < 4.78 is 30.2. The lowest BCUT2D eigenvalue weighted by Gasteiger charge is -2.37. The Kier molecular flexibility index (Phi) is 5.98. The first-order valence-electron chi connectivity index (χ1n) is 11.7. The van der Waals surface area contributed by atoms with E-state index in [1.165, 1.54) is 4.31 Å². The minimum absolute atomic E-state index is 0.117. The SMILES string of the molecule is CC(C)n1nnc2cc(S(=O)(=O)N3CCC[C@H]3C(=O)N3CCN(c4ccccn4)CC3)ccc21. The van der Waals surface area contributed by atoms with Gasteiger partial charge in [-0.2, -0.15) is 4.31 Å². The van der Waals surface area contributed by atoms with E-state index in [1.54, 1.807) is 34.0 Å². The van der Waals surface area contributed by atoms with Crippen LogP contribution >= 0.6 is 0 Å². The number of aromatic nitrogens is 4. The maximum Gasteiger partial charge on any atom is 0.243 e. The number of amides is 1. The van der Waals surface area contributed by atoms with Gasteiger partial charge in [0.2, 0.25) is 15.9 Å². The molecular weight excluding hydrogens is 454 g/mol. The summed E-state index contributed by atoms with van der Waals surface area (Å²) in [4.78, 5) is 21.8. The van der Waals surface area contributed by atoms with Crippen molar-refractivity contribution in [1.29, 1.82) is 0 Å². The van der Waals surface area contributed by atoms with Crippen LogP contribution in [0.3, 0.4) is 0 Å². The van der Waals surface area contributed by atoms with E-state index in [9.17, 15) is 13.2 Å². The second-order valence-electron chi connectivity index (χ2n) is 9.05. The molecule has 0 N–H and O–H groups in total. The van der Waals surface area contributed by atoms with Crippen molar-refractivity contribution in [2.75, 3.05) is 37.6 Å². The molecule has 3 aromatic rings. The Bertz CT molecular complexity index is 1280. The molecule has 0 aliphatic carbocycles. The Balaban J connectivity index is 1.32. The third kappa shape index (κ3) is 4.03. The molecule has 1 amide bonds. The molecule has 0 saturated carbocycles. The van der Waals surface area contributed by atoms with Crippen molar-refractivity contribution in [3.8, 4) is 0 Å². The smallest absolute Gasteiger partial charge is 0.243 e. The standard InChI is InChI=1S/C23H29N7O3S/c1-17(2)30-20-9-8-18(16-19(20)25-26-30)34(32,33)29-11-5-6-21(29)23(31)28-14-12-27(13-15-28)22-7-3-4-10-24-22/h3-4,7-10,16-17,21H,5-6,11-15H2,1-2H3/t21-/m0/s1. The molecule has 11 heteroatoms. The van der Waals surface area contributed by atoms with Crippen LogP contribution in [0.1, 0.15) is 32.7 Å². The summed E-state index contributed by atoms with van der Waals surface area (Å²) in [5, 5.41) is 8.28. The highest BCUT2D eigenvalue weighted by atomic mass is 32.2. The van der Waals surface area contributed by atoms with Gasteiger partial charge < -0.3 is 9.80 Å². The Morgan fingerprint density at radius 3 is 2.56 bits per heavy atom. The van der Waals surface area contributed by atoms with Gasteiger partial charge in [0.1, 0.15) is 17.4 Å². The number of anilines is 1. The number of pyridine rings is 1. The van der Waals surface area contributed by atoms with Gasteiger partial charge >= 0.3 is 0 Å². The summed E-state index contributed by atoms with van der Waals surface area (Å²) in [5.74, 6) is 0.776. The quantitative estimate of drug-likeness (QED) is 0.546. The van der Waals surface area contributed by atoms with E-state index >= 15 is 0 Å². The van der Waals surface area contributed by atoms with Crippen LogP contribution in [-0.4, -0.2) is 82.3 Å². The minimum atomic E-state index is -3.84. The summed E-state index contributed by atoms with van der Waals surface area (Å²) >= 11 is 0. The largest absolute Gasteiger partial charge is 0.353 e. The predicted octanol–water partition coefficient (Wildman–Crippen LogP) is 1.91. The first-order chi connectivity index (χ1) is 16.4. The Hall–Kier alpha value is -3.05. The van der Waals surface area contributed by atoms with E-state index in [0.717, 1.165) is 11.3 Å². The van der Waals surface area contributed by atoms with Crippen LogP contribution in [0.4, 0.5) is 5.82 Å².